The van der Waals surface area contributed by atoms with Gasteiger partial charge >= 0.3 is 5.97 Å². The molecule has 0 bridgehead atoms. The maximum absolute atomic E-state index is 13.0. The van der Waals surface area contributed by atoms with Crippen molar-refractivity contribution in [2.24, 2.45) is 0 Å². The summed E-state index contributed by atoms with van der Waals surface area (Å²) in [5, 5.41) is 6.82. The number of hydrogen-bond donors (Lipinski definition) is 2. The predicted molar refractivity (Wildman–Crippen MR) is 129 cm³/mol. The number of rotatable bonds is 7. The van der Waals surface area contributed by atoms with Crippen molar-refractivity contribution in [2.75, 3.05) is 6.61 Å². The van der Waals surface area contributed by atoms with Gasteiger partial charge in [0.25, 0.3) is 0 Å². The van der Waals surface area contributed by atoms with Gasteiger partial charge in [-0.05, 0) is 48.0 Å². The Labute approximate surface area is 193 Å². The Kier molecular flexibility index (Phi) is 6.82. The van der Waals surface area contributed by atoms with Crippen LogP contribution in [0.2, 0.25) is 0 Å². The quantitative estimate of drug-likeness (QED) is 0.405. The van der Waals surface area contributed by atoms with Gasteiger partial charge in [0.1, 0.15) is 12.4 Å². The Morgan fingerprint density at radius 2 is 1.69 bits per heavy atom. The number of benzene rings is 3. The summed E-state index contributed by atoms with van der Waals surface area (Å²) in [6.45, 7) is 2.53. The molecule has 3 aromatic carbocycles. The summed E-state index contributed by atoms with van der Waals surface area (Å²) in [5.74, 6) is 0.316. The molecule has 1 atom stereocenters. The molecule has 0 unspecified atom stereocenters. The van der Waals surface area contributed by atoms with Crippen LogP contribution in [-0.4, -0.2) is 17.7 Å². The molecule has 0 aromatic heterocycles. The molecule has 1 aliphatic heterocycles. The van der Waals surface area contributed by atoms with E-state index in [1.807, 2.05) is 84.9 Å². The summed E-state index contributed by atoms with van der Waals surface area (Å²) in [6.07, 6.45) is 0. The van der Waals surface area contributed by atoms with Crippen molar-refractivity contribution in [2.45, 2.75) is 19.6 Å². The van der Waals surface area contributed by atoms with Crippen LogP contribution in [0.15, 0.2) is 90.5 Å². The lowest BCUT2D eigenvalue weighted by molar-refractivity contribution is -0.138. The highest BCUT2D eigenvalue weighted by Gasteiger charge is 2.33. The molecule has 1 heterocycles. The van der Waals surface area contributed by atoms with Gasteiger partial charge in [0.05, 0.1) is 23.9 Å². The van der Waals surface area contributed by atoms with E-state index in [1.54, 1.807) is 6.92 Å². The maximum Gasteiger partial charge on any atom is 0.338 e. The first-order chi connectivity index (χ1) is 15.7. The average molecular weight is 445 g/mol. The average Bonchev–Trinajstić information content (AvgIpc) is 2.83. The Morgan fingerprint density at radius 1 is 0.969 bits per heavy atom. The van der Waals surface area contributed by atoms with Crippen LogP contribution in [0.3, 0.4) is 0 Å². The van der Waals surface area contributed by atoms with Crippen molar-refractivity contribution in [1.29, 1.82) is 0 Å². The predicted octanol–water partition coefficient (Wildman–Crippen LogP) is 4.76. The second-order valence-electron chi connectivity index (χ2n) is 7.25. The number of esters is 1. The Balaban J connectivity index is 1.70. The molecule has 0 aliphatic carbocycles. The second kappa shape index (κ2) is 10.1. The van der Waals surface area contributed by atoms with Crippen molar-refractivity contribution >= 4 is 29.0 Å². The molecule has 2 N–H and O–H groups in total. The third kappa shape index (κ3) is 4.98. The molecule has 0 saturated carbocycles. The van der Waals surface area contributed by atoms with Crippen molar-refractivity contribution < 1.29 is 14.3 Å². The van der Waals surface area contributed by atoms with Gasteiger partial charge in [-0.3, -0.25) is 0 Å². The molecular weight excluding hydrogens is 420 g/mol. The molecule has 4 rings (SSSR count). The van der Waals surface area contributed by atoms with Crippen LogP contribution in [0.4, 0.5) is 0 Å². The van der Waals surface area contributed by atoms with Crippen molar-refractivity contribution in [3.05, 3.63) is 107 Å². The van der Waals surface area contributed by atoms with Gasteiger partial charge < -0.3 is 20.1 Å². The van der Waals surface area contributed by atoms with Gasteiger partial charge in [0, 0.05) is 0 Å². The first kappa shape index (κ1) is 21.6. The fourth-order valence-corrected chi connectivity index (χ4v) is 3.82. The zero-order chi connectivity index (χ0) is 22.3. The number of thiocarbonyl (C=S) groups is 1. The minimum atomic E-state index is -0.474. The number of carbonyl (C=O) groups excluding carboxylic acids is 1. The van der Waals surface area contributed by atoms with E-state index >= 15 is 0 Å². The largest absolute Gasteiger partial charge is 0.489 e. The monoisotopic (exact) mass is 444 g/mol. The molecule has 0 radical (unpaired) electrons. The lowest BCUT2D eigenvalue weighted by Crippen LogP contribution is -2.45. The van der Waals surface area contributed by atoms with E-state index in [0.717, 1.165) is 16.7 Å². The van der Waals surface area contributed by atoms with Crippen LogP contribution in [0.5, 0.6) is 5.75 Å². The summed E-state index contributed by atoms with van der Waals surface area (Å²) in [6, 6.07) is 26.8. The standard InChI is InChI=1S/C26H24N2O3S/c1-2-30-25(29)22-23(19-12-7-4-8-13-19)27-26(32)28-24(22)20-14-9-15-21(16-20)31-17-18-10-5-3-6-11-18/h3-16,24H,2,17H2,1H3,(H2,27,28,32)/t24-/m1/s1. The fraction of sp³-hybridized carbons (Fsp3) is 0.154. The van der Waals surface area contributed by atoms with E-state index < -0.39 is 12.0 Å². The molecular formula is C26H24N2O3S. The summed E-state index contributed by atoms with van der Waals surface area (Å²) in [4.78, 5) is 13.0. The number of carbonyl (C=O) groups is 1. The molecule has 0 amide bonds. The van der Waals surface area contributed by atoms with Gasteiger partial charge in [-0.2, -0.15) is 0 Å². The van der Waals surface area contributed by atoms with E-state index in [1.165, 1.54) is 0 Å². The van der Waals surface area contributed by atoms with Crippen molar-refractivity contribution in [1.82, 2.24) is 10.6 Å². The van der Waals surface area contributed by atoms with Gasteiger partial charge in [-0.25, -0.2) is 4.79 Å². The lowest BCUT2D eigenvalue weighted by Gasteiger charge is -2.31. The number of ether oxygens (including phenoxy) is 2. The Morgan fingerprint density at radius 3 is 2.41 bits per heavy atom. The summed E-state index contributed by atoms with van der Waals surface area (Å²) < 4.78 is 11.4. The third-order valence-corrected chi connectivity index (χ3v) is 5.29. The van der Waals surface area contributed by atoms with Crippen LogP contribution in [0.25, 0.3) is 5.70 Å². The zero-order valence-electron chi connectivity index (χ0n) is 17.7. The molecule has 5 nitrogen and oxygen atoms in total. The van der Waals surface area contributed by atoms with Gasteiger partial charge in [0.2, 0.25) is 0 Å². The highest BCUT2D eigenvalue weighted by atomic mass is 32.1. The van der Waals surface area contributed by atoms with E-state index in [9.17, 15) is 4.79 Å². The smallest absolute Gasteiger partial charge is 0.338 e. The Bertz CT molecular complexity index is 1130. The third-order valence-electron chi connectivity index (χ3n) is 5.07. The van der Waals surface area contributed by atoms with Crippen LogP contribution in [0, 0.1) is 0 Å². The molecule has 0 fully saturated rings. The minimum Gasteiger partial charge on any atom is -0.489 e. The van der Waals surface area contributed by atoms with Gasteiger partial charge in [-0.1, -0.05) is 72.8 Å². The first-order valence-corrected chi connectivity index (χ1v) is 10.9. The zero-order valence-corrected chi connectivity index (χ0v) is 18.5. The van der Waals surface area contributed by atoms with Crippen molar-refractivity contribution in [3.8, 4) is 5.75 Å². The molecule has 0 spiro atoms. The minimum absolute atomic E-state index is 0.280. The summed E-state index contributed by atoms with van der Waals surface area (Å²) in [5.41, 5.74) is 3.93. The van der Waals surface area contributed by atoms with Crippen molar-refractivity contribution in [3.63, 3.8) is 0 Å². The number of nitrogens with one attached hydrogen (secondary N) is 2. The van der Waals surface area contributed by atoms with Crippen LogP contribution in [-0.2, 0) is 16.1 Å². The lowest BCUT2D eigenvalue weighted by atomic mass is 9.92. The van der Waals surface area contributed by atoms with E-state index in [-0.39, 0.29) is 6.61 Å². The fourth-order valence-electron chi connectivity index (χ4n) is 3.60. The first-order valence-electron chi connectivity index (χ1n) is 10.5. The maximum atomic E-state index is 13.0. The van der Waals surface area contributed by atoms with Crippen LogP contribution in [0.1, 0.15) is 29.7 Å². The SMILES string of the molecule is CCOC(=O)C1=C(c2ccccc2)NC(=S)N[C@@H]1c1cccc(OCc2ccccc2)c1. The second-order valence-corrected chi connectivity index (χ2v) is 7.66. The molecule has 32 heavy (non-hydrogen) atoms. The molecule has 0 saturated heterocycles. The molecule has 3 aromatic rings. The summed E-state index contributed by atoms with van der Waals surface area (Å²) in [7, 11) is 0. The van der Waals surface area contributed by atoms with Gasteiger partial charge in [0.15, 0.2) is 5.11 Å². The molecule has 6 heteroatoms. The van der Waals surface area contributed by atoms with Crippen LogP contribution >= 0.6 is 12.2 Å². The normalized spacial score (nSPS) is 15.5. The molecule has 1 aliphatic rings. The molecule has 162 valence electrons. The summed E-state index contributed by atoms with van der Waals surface area (Å²) >= 11 is 5.47. The Hall–Kier alpha value is -3.64. The van der Waals surface area contributed by atoms with Crippen LogP contribution < -0.4 is 15.4 Å². The van der Waals surface area contributed by atoms with E-state index in [2.05, 4.69) is 10.6 Å². The topological polar surface area (TPSA) is 59.6 Å². The van der Waals surface area contributed by atoms with E-state index in [4.69, 9.17) is 21.7 Å². The highest BCUT2D eigenvalue weighted by molar-refractivity contribution is 7.80. The van der Waals surface area contributed by atoms with E-state index in [0.29, 0.717) is 28.7 Å². The number of hydrogen-bond acceptors (Lipinski definition) is 4. The highest BCUT2D eigenvalue weighted by Crippen LogP contribution is 2.33. The van der Waals surface area contributed by atoms with Gasteiger partial charge in [-0.15, -0.1) is 0 Å².